The summed E-state index contributed by atoms with van der Waals surface area (Å²) >= 11 is 0. The van der Waals surface area contributed by atoms with Gasteiger partial charge in [-0.25, -0.2) is 9.59 Å². The van der Waals surface area contributed by atoms with Crippen molar-refractivity contribution in [2.75, 3.05) is 11.9 Å². The molecule has 0 radical (unpaired) electrons. The zero-order valence-electron chi connectivity index (χ0n) is 16.8. The molecule has 158 valence electrons. The van der Waals surface area contributed by atoms with Crippen LogP contribution in [0.2, 0.25) is 0 Å². The van der Waals surface area contributed by atoms with E-state index in [1.807, 2.05) is 24.3 Å². The molecule has 0 unspecified atom stereocenters. The number of benzene rings is 3. The monoisotopic (exact) mass is 426 g/mol. The Kier molecular flexibility index (Phi) is 4.87. The van der Waals surface area contributed by atoms with Crippen LogP contribution >= 0.6 is 0 Å². The summed E-state index contributed by atoms with van der Waals surface area (Å²) in [7, 11) is 0. The minimum Gasteiger partial charge on any atom is -0.478 e. The Morgan fingerprint density at radius 1 is 0.938 bits per heavy atom. The molecule has 8 nitrogen and oxygen atoms in total. The van der Waals surface area contributed by atoms with E-state index in [4.69, 9.17) is 9.84 Å². The first kappa shape index (κ1) is 19.5. The van der Waals surface area contributed by atoms with E-state index >= 15 is 0 Å². The van der Waals surface area contributed by atoms with Crippen LogP contribution in [0.1, 0.15) is 27.4 Å². The van der Waals surface area contributed by atoms with Crippen LogP contribution < -0.4 is 5.32 Å². The van der Waals surface area contributed by atoms with Gasteiger partial charge in [-0.15, -0.1) is 5.10 Å². The summed E-state index contributed by atoms with van der Waals surface area (Å²) in [5.41, 5.74) is 5.39. The Bertz CT molecular complexity index is 1270. The van der Waals surface area contributed by atoms with Gasteiger partial charge in [0, 0.05) is 11.5 Å². The maximum Gasteiger partial charge on any atom is 0.414 e. The number of aromatic nitrogens is 3. The van der Waals surface area contributed by atoms with Gasteiger partial charge < -0.3 is 9.84 Å². The number of fused-ring (bicyclic) bond motifs is 3. The minimum atomic E-state index is -1.01. The van der Waals surface area contributed by atoms with Gasteiger partial charge in [-0.2, -0.15) is 4.98 Å². The van der Waals surface area contributed by atoms with Gasteiger partial charge in [-0.3, -0.25) is 10.4 Å². The van der Waals surface area contributed by atoms with Gasteiger partial charge in [0.2, 0.25) is 0 Å². The average molecular weight is 426 g/mol. The molecule has 8 heteroatoms. The normalized spacial score (nSPS) is 12.1. The van der Waals surface area contributed by atoms with Gasteiger partial charge in [-0.05, 0) is 34.4 Å². The Morgan fingerprint density at radius 2 is 1.56 bits per heavy atom. The van der Waals surface area contributed by atoms with Crippen molar-refractivity contribution in [1.29, 1.82) is 0 Å². The second-order valence-electron chi connectivity index (χ2n) is 7.34. The van der Waals surface area contributed by atoms with E-state index in [-0.39, 0.29) is 24.0 Å². The number of ether oxygens (including phenoxy) is 1. The SMILES string of the molecule is O=C(Nc1n[nH]c(-c2ccc(C(=O)O)cc2)n1)OCC1c2ccccc2-c2ccccc21. The summed E-state index contributed by atoms with van der Waals surface area (Å²) in [5.74, 6) is -0.578. The maximum absolute atomic E-state index is 12.4. The maximum atomic E-state index is 12.4. The highest BCUT2D eigenvalue weighted by Gasteiger charge is 2.29. The second-order valence-corrected chi connectivity index (χ2v) is 7.34. The predicted molar refractivity (Wildman–Crippen MR) is 117 cm³/mol. The third-order valence-electron chi connectivity index (χ3n) is 5.45. The number of carboxylic acids is 1. The molecule has 0 fully saturated rings. The zero-order valence-corrected chi connectivity index (χ0v) is 16.8. The largest absolute Gasteiger partial charge is 0.478 e. The van der Waals surface area contributed by atoms with Crippen LogP contribution in [0.3, 0.4) is 0 Å². The Balaban J connectivity index is 1.25. The molecule has 0 aliphatic heterocycles. The number of H-pyrrole nitrogens is 1. The lowest BCUT2D eigenvalue weighted by Gasteiger charge is -2.13. The van der Waals surface area contributed by atoms with Crippen LogP contribution in [0.5, 0.6) is 0 Å². The van der Waals surface area contributed by atoms with Crippen molar-refractivity contribution >= 4 is 18.0 Å². The molecule has 0 spiro atoms. The second kappa shape index (κ2) is 7.99. The lowest BCUT2D eigenvalue weighted by Crippen LogP contribution is -2.18. The fourth-order valence-electron chi connectivity index (χ4n) is 3.94. The number of rotatable bonds is 5. The average Bonchev–Trinajstić information content (AvgIpc) is 3.40. The Labute approximate surface area is 182 Å². The van der Waals surface area contributed by atoms with E-state index < -0.39 is 12.1 Å². The van der Waals surface area contributed by atoms with E-state index in [2.05, 4.69) is 44.8 Å². The van der Waals surface area contributed by atoms with E-state index in [0.29, 0.717) is 11.4 Å². The van der Waals surface area contributed by atoms with E-state index in [0.717, 1.165) is 22.3 Å². The molecule has 5 rings (SSSR count). The lowest BCUT2D eigenvalue weighted by molar-refractivity contribution is 0.0697. The minimum absolute atomic E-state index is 0.0383. The highest BCUT2D eigenvalue weighted by Crippen LogP contribution is 2.44. The van der Waals surface area contributed by atoms with Crippen molar-refractivity contribution < 1.29 is 19.4 Å². The van der Waals surface area contributed by atoms with Crippen LogP contribution in [-0.2, 0) is 4.74 Å². The number of hydrogen-bond donors (Lipinski definition) is 3. The molecular formula is C24H18N4O4. The third kappa shape index (κ3) is 3.58. The van der Waals surface area contributed by atoms with Crippen LogP contribution in [0.25, 0.3) is 22.5 Å². The van der Waals surface area contributed by atoms with Gasteiger partial charge in [0.25, 0.3) is 5.95 Å². The number of carbonyl (C=O) groups is 2. The molecule has 4 aromatic rings. The van der Waals surface area contributed by atoms with E-state index in [1.54, 1.807) is 12.1 Å². The van der Waals surface area contributed by atoms with Crippen LogP contribution in [0, 0.1) is 0 Å². The molecule has 0 atom stereocenters. The molecule has 1 amide bonds. The number of amides is 1. The molecule has 1 heterocycles. The van der Waals surface area contributed by atoms with E-state index in [1.165, 1.54) is 12.1 Å². The van der Waals surface area contributed by atoms with Gasteiger partial charge >= 0.3 is 12.1 Å². The number of carbonyl (C=O) groups excluding carboxylic acids is 1. The van der Waals surface area contributed by atoms with Crippen LogP contribution in [0.15, 0.2) is 72.8 Å². The number of carboxylic acid groups (broad SMARTS) is 1. The van der Waals surface area contributed by atoms with Crippen LogP contribution in [-0.4, -0.2) is 39.0 Å². The molecule has 0 saturated heterocycles. The van der Waals surface area contributed by atoms with Gasteiger partial charge in [0.05, 0.1) is 5.56 Å². The van der Waals surface area contributed by atoms with Gasteiger partial charge in [-0.1, -0.05) is 60.7 Å². The smallest absolute Gasteiger partial charge is 0.414 e. The molecular weight excluding hydrogens is 408 g/mol. The molecule has 3 aromatic carbocycles. The molecule has 0 bridgehead atoms. The van der Waals surface area contributed by atoms with Crippen molar-refractivity contribution in [3.05, 3.63) is 89.5 Å². The summed E-state index contributed by atoms with van der Waals surface area (Å²) in [6.45, 7) is 0.188. The fraction of sp³-hybridized carbons (Fsp3) is 0.0833. The fourth-order valence-corrected chi connectivity index (χ4v) is 3.94. The highest BCUT2D eigenvalue weighted by atomic mass is 16.5. The van der Waals surface area contributed by atoms with E-state index in [9.17, 15) is 9.59 Å². The standard InChI is InChI=1S/C24H18N4O4/c29-22(30)15-11-9-14(10-12-15)21-25-23(28-27-21)26-24(31)32-13-20-18-7-3-1-5-16(18)17-6-2-4-8-19(17)20/h1-12,20H,13H2,(H,29,30)(H2,25,26,27,28,31). The summed E-state index contributed by atoms with van der Waals surface area (Å²) in [4.78, 5) is 27.6. The van der Waals surface area contributed by atoms with Crippen molar-refractivity contribution in [3.8, 4) is 22.5 Å². The quantitative estimate of drug-likeness (QED) is 0.432. The Hall–Kier alpha value is -4.46. The number of anilines is 1. The molecule has 1 aliphatic carbocycles. The lowest BCUT2D eigenvalue weighted by atomic mass is 9.98. The molecule has 1 aliphatic rings. The molecule has 3 N–H and O–H groups in total. The first-order valence-electron chi connectivity index (χ1n) is 9.98. The van der Waals surface area contributed by atoms with Crippen LogP contribution in [0.4, 0.5) is 10.7 Å². The number of aromatic amines is 1. The molecule has 0 saturated carbocycles. The van der Waals surface area contributed by atoms with Crippen molar-refractivity contribution in [2.24, 2.45) is 0 Å². The van der Waals surface area contributed by atoms with Crippen molar-refractivity contribution in [3.63, 3.8) is 0 Å². The van der Waals surface area contributed by atoms with Gasteiger partial charge in [0.1, 0.15) is 6.61 Å². The third-order valence-corrected chi connectivity index (χ3v) is 5.45. The number of nitrogens with zero attached hydrogens (tertiary/aromatic N) is 2. The number of nitrogens with one attached hydrogen (secondary N) is 2. The number of hydrogen-bond acceptors (Lipinski definition) is 5. The topological polar surface area (TPSA) is 117 Å². The molecule has 32 heavy (non-hydrogen) atoms. The predicted octanol–water partition coefficient (Wildman–Crippen LogP) is 4.53. The zero-order chi connectivity index (χ0) is 22.1. The first-order valence-corrected chi connectivity index (χ1v) is 9.98. The summed E-state index contributed by atoms with van der Waals surface area (Å²) < 4.78 is 5.49. The highest BCUT2D eigenvalue weighted by molar-refractivity contribution is 5.88. The van der Waals surface area contributed by atoms with Crippen molar-refractivity contribution in [1.82, 2.24) is 15.2 Å². The van der Waals surface area contributed by atoms with Crippen molar-refractivity contribution in [2.45, 2.75) is 5.92 Å². The molecule has 1 aromatic heterocycles. The summed E-state index contributed by atoms with van der Waals surface area (Å²) in [6.07, 6.45) is -0.654. The summed E-state index contributed by atoms with van der Waals surface area (Å²) in [6, 6.07) is 22.4. The Morgan fingerprint density at radius 3 is 2.19 bits per heavy atom. The first-order chi connectivity index (χ1) is 15.6. The summed E-state index contributed by atoms with van der Waals surface area (Å²) in [5, 5.41) is 18.2. The number of aromatic carboxylic acids is 1. The van der Waals surface area contributed by atoms with Gasteiger partial charge in [0.15, 0.2) is 5.82 Å².